The van der Waals surface area contributed by atoms with Gasteiger partial charge in [0, 0.05) is 5.56 Å². The lowest BCUT2D eigenvalue weighted by atomic mass is 10.2. The van der Waals surface area contributed by atoms with Crippen LogP contribution in [0, 0.1) is 6.92 Å². The van der Waals surface area contributed by atoms with E-state index in [4.69, 9.17) is 4.52 Å². The summed E-state index contributed by atoms with van der Waals surface area (Å²) in [6, 6.07) is 0. The molecule has 2 rings (SSSR count). The third-order valence-corrected chi connectivity index (χ3v) is 2.18. The first-order chi connectivity index (χ1) is 7.58. The van der Waals surface area contributed by atoms with E-state index in [1.54, 1.807) is 6.92 Å². The Morgan fingerprint density at radius 3 is 2.56 bits per heavy atom. The van der Waals surface area contributed by atoms with Gasteiger partial charge in [0.25, 0.3) is 5.91 Å². The average Bonchev–Trinajstić information content (AvgIpc) is 2.62. The minimum atomic E-state index is -0.502. The number of piperazine rings is 1. The molecule has 1 aromatic heterocycles. The topological polar surface area (TPSA) is 92.5 Å². The van der Waals surface area contributed by atoms with Crippen LogP contribution in [0.15, 0.2) is 10.7 Å². The van der Waals surface area contributed by atoms with Gasteiger partial charge in [-0.1, -0.05) is 5.16 Å². The van der Waals surface area contributed by atoms with Gasteiger partial charge in [-0.05, 0) is 6.92 Å². The first kappa shape index (κ1) is 10.3. The smallest absolute Gasteiger partial charge is 0.293 e. The van der Waals surface area contributed by atoms with Gasteiger partial charge in [-0.2, -0.15) is 0 Å². The summed E-state index contributed by atoms with van der Waals surface area (Å²) in [4.78, 5) is 35.1. The molecule has 1 saturated heterocycles. The van der Waals surface area contributed by atoms with E-state index in [9.17, 15) is 14.4 Å². The largest absolute Gasteiger partial charge is 0.351 e. The van der Waals surface area contributed by atoms with E-state index in [1.807, 2.05) is 0 Å². The second-order valence-corrected chi connectivity index (χ2v) is 3.47. The summed E-state index contributed by atoms with van der Waals surface area (Å²) < 4.78 is 4.77. The van der Waals surface area contributed by atoms with Gasteiger partial charge in [0.15, 0.2) is 0 Å². The Labute approximate surface area is 90.4 Å². The van der Waals surface area contributed by atoms with E-state index in [0.717, 1.165) is 4.90 Å². The third-order valence-electron chi connectivity index (χ3n) is 2.18. The zero-order chi connectivity index (χ0) is 11.7. The number of aromatic nitrogens is 1. The van der Waals surface area contributed by atoms with Crippen molar-refractivity contribution in [2.24, 2.45) is 0 Å². The molecular formula is C9H9N3O4. The molecule has 1 aromatic rings. The van der Waals surface area contributed by atoms with Gasteiger partial charge in [0.05, 0.1) is 6.20 Å². The molecule has 0 atom stereocenters. The van der Waals surface area contributed by atoms with E-state index in [1.165, 1.54) is 6.20 Å². The highest BCUT2D eigenvalue weighted by atomic mass is 16.5. The predicted molar refractivity (Wildman–Crippen MR) is 50.3 cm³/mol. The quantitative estimate of drug-likeness (QED) is 0.621. The summed E-state index contributed by atoms with van der Waals surface area (Å²) in [6.07, 6.45) is 1.40. The van der Waals surface area contributed by atoms with Crippen LogP contribution in [-0.2, 0) is 9.59 Å². The molecule has 0 aliphatic carbocycles. The van der Waals surface area contributed by atoms with Crippen molar-refractivity contribution in [2.45, 2.75) is 6.92 Å². The molecule has 16 heavy (non-hydrogen) atoms. The standard InChI is InChI=1S/C9H9N3O4/c1-5-2-10-16-8(5)9(15)12-3-6(13)11-7(14)4-12/h2H,3-4H2,1H3,(H,11,13,14). The third kappa shape index (κ3) is 1.79. The van der Waals surface area contributed by atoms with Crippen LogP contribution in [0.2, 0.25) is 0 Å². The van der Waals surface area contributed by atoms with E-state index < -0.39 is 17.7 Å². The molecule has 84 valence electrons. The molecule has 1 aliphatic rings. The summed E-state index contributed by atoms with van der Waals surface area (Å²) in [7, 11) is 0. The zero-order valence-electron chi connectivity index (χ0n) is 8.52. The number of rotatable bonds is 1. The summed E-state index contributed by atoms with van der Waals surface area (Å²) >= 11 is 0. The number of hydrogen-bond acceptors (Lipinski definition) is 5. The first-order valence-electron chi connectivity index (χ1n) is 4.61. The fourth-order valence-corrected chi connectivity index (χ4v) is 1.42. The van der Waals surface area contributed by atoms with Crippen LogP contribution in [-0.4, -0.2) is 40.9 Å². The highest BCUT2D eigenvalue weighted by Crippen LogP contribution is 2.10. The Balaban J connectivity index is 2.19. The van der Waals surface area contributed by atoms with E-state index in [-0.39, 0.29) is 18.8 Å². The van der Waals surface area contributed by atoms with Crippen molar-refractivity contribution in [1.82, 2.24) is 15.4 Å². The molecular weight excluding hydrogens is 214 g/mol. The van der Waals surface area contributed by atoms with E-state index >= 15 is 0 Å². The van der Waals surface area contributed by atoms with Crippen molar-refractivity contribution in [1.29, 1.82) is 0 Å². The van der Waals surface area contributed by atoms with Crippen LogP contribution < -0.4 is 5.32 Å². The number of amides is 3. The van der Waals surface area contributed by atoms with Crippen LogP contribution in [0.4, 0.5) is 0 Å². The van der Waals surface area contributed by atoms with Crippen molar-refractivity contribution >= 4 is 17.7 Å². The molecule has 0 bridgehead atoms. The Morgan fingerprint density at radius 2 is 2.06 bits per heavy atom. The summed E-state index contributed by atoms with van der Waals surface area (Å²) in [6.45, 7) is 1.37. The summed E-state index contributed by atoms with van der Waals surface area (Å²) in [5.41, 5.74) is 0.573. The van der Waals surface area contributed by atoms with Gasteiger partial charge in [0.1, 0.15) is 13.1 Å². The lowest BCUT2D eigenvalue weighted by Gasteiger charge is -2.24. The summed E-state index contributed by atoms with van der Waals surface area (Å²) in [5, 5.41) is 5.57. The van der Waals surface area contributed by atoms with E-state index in [2.05, 4.69) is 10.5 Å². The van der Waals surface area contributed by atoms with Crippen LogP contribution >= 0.6 is 0 Å². The second-order valence-electron chi connectivity index (χ2n) is 3.47. The molecule has 0 spiro atoms. The SMILES string of the molecule is Cc1cnoc1C(=O)N1CC(=O)NC(=O)C1. The van der Waals surface area contributed by atoms with Crippen molar-refractivity contribution in [3.63, 3.8) is 0 Å². The number of nitrogens with zero attached hydrogens (tertiary/aromatic N) is 2. The number of imide groups is 1. The highest BCUT2D eigenvalue weighted by molar-refractivity contribution is 6.05. The van der Waals surface area contributed by atoms with Gasteiger partial charge in [-0.25, -0.2) is 0 Å². The Kier molecular flexibility index (Phi) is 2.43. The average molecular weight is 223 g/mol. The van der Waals surface area contributed by atoms with Crippen molar-refractivity contribution in [3.8, 4) is 0 Å². The van der Waals surface area contributed by atoms with Crippen LogP contribution in [0.5, 0.6) is 0 Å². The van der Waals surface area contributed by atoms with E-state index in [0.29, 0.717) is 5.56 Å². The van der Waals surface area contributed by atoms with Crippen molar-refractivity contribution in [2.75, 3.05) is 13.1 Å². The lowest BCUT2D eigenvalue weighted by Crippen LogP contribution is -2.53. The molecule has 0 unspecified atom stereocenters. The maximum absolute atomic E-state index is 11.8. The number of carbonyl (C=O) groups excluding carboxylic acids is 3. The minimum Gasteiger partial charge on any atom is -0.351 e. The fraction of sp³-hybridized carbons (Fsp3) is 0.333. The second kappa shape index (κ2) is 3.76. The molecule has 1 fully saturated rings. The monoisotopic (exact) mass is 223 g/mol. The molecule has 1 aliphatic heterocycles. The Hall–Kier alpha value is -2.18. The molecule has 7 heteroatoms. The van der Waals surface area contributed by atoms with Gasteiger partial charge in [0.2, 0.25) is 17.6 Å². The van der Waals surface area contributed by atoms with Crippen LogP contribution in [0.25, 0.3) is 0 Å². The minimum absolute atomic E-state index is 0.0579. The van der Waals surface area contributed by atoms with Gasteiger partial charge < -0.3 is 9.42 Å². The van der Waals surface area contributed by atoms with Gasteiger partial charge in [-0.3, -0.25) is 19.7 Å². The molecule has 1 N–H and O–H groups in total. The maximum Gasteiger partial charge on any atom is 0.293 e. The van der Waals surface area contributed by atoms with Gasteiger partial charge >= 0.3 is 0 Å². The summed E-state index contributed by atoms with van der Waals surface area (Å²) in [5.74, 6) is -1.44. The number of aryl methyl sites for hydroxylation is 1. The number of hydrogen-bond donors (Lipinski definition) is 1. The molecule has 2 heterocycles. The lowest BCUT2D eigenvalue weighted by molar-refractivity contribution is -0.135. The van der Waals surface area contributed by atoms with Crippen molar-refractivity contribution in [3.05, 3.63) is 17.5 Å². The number of nitrogens with one attached hydrogen (secondary N) is 1. The molecule has 0 radical (unpaired) electrons. The first-order valence-corrected chi connectivity index (χ1v) is 4.61. The Bertz CT molecular complexity index is 449. The molecule has 0 saturated carbocycles. The molecule has 3 amide bonds. The highest BCUT2D eigenvalue weighted by Gasteiger charge is 2.29. The normalized spacial score (nSPS) is 16.2. The van der Waals surface area contributed by atoms with Crippen LogP contribution in [0.3, 0.4) is 0 Å². The zero-order valence-corrected chi connectivity index (χ0v) is 8.52. The maximum atomic E-state index is 11.8. The van der Waals surface area contributed by atoms with Gasteiger partial charge in [-0.15, -0.1) is 0 Å². The Morgan fingerprint density at radius 1 is 1.44 bits per heavy atom. The predicted octanol–water partition coefficient (Wildman–Crippen LogP) is -0.918. The number of carbonyl (C=O) groups is 3. The fourth-order valence-electron chi connectivity index (χ4n) is 1.42. The van der Waals surface area contributed by atoms with Crippen LogP contribution in [0.1, 0.15) is 16.1 Å². The van der Waals surface area contributed by atoms with Crippen molar-refractivity contribution < 1.29 is 18.9 Å². The molecule has 7 nitrogen and oxygen atoms in total. The molecule has 0 aromatic carbocycles.